The summed E-state index contributed by atoms with van der Waals surface area (Å²) in [6.07, 6.45) is 1.48. The number of hydrogen-bond donors (Lipinski definition) is 1. The predicted molar refractivity (Wildman–Crippen MR) is 68.2 cm³/mol. The molecule has 19 heavy (non-hydrogen) atoms. The molecule has 2 rings (SSSR count). The van der Waals surface area contributed by atoms with Crippen LogP contribution in [0.5, 0.6) is 0 Å². The number of benzene rings is 1. The first kappa shape index (κ1) is 13.2. The summed E-state index contributed by atoms with van der Waals surface area (Å²) in [6, 6.07) is 4.82. The number of hydrogen-bond acceptors (Lipinski definition) is 4. The van der Waals surface area contributed by atoms with Crippen molar-refractivity contribution < 1.29 is 14.0 Å². The third-order valence-corrected chi connectivity index (χ3v) is 2.75. The summed E-state index contributed by atoms with van der Waals surface area (Å²) in [5, 5.41) is 2.62. The van der Waals surface area contributed by atoms with Crippen molar-refractivity contribution in [2.24, 2.45) is 4.99 Å². The van der Waals surface area contributed by atoms with Crippen molar-refractivity contribution in [2.75, 3.05) is 13.6 Å². The molecule has 1 heterocycles. The average molecular weight is 263 g/mol. The van der Waals surface area contributed by atoms with E-state index in [2.05, 4.69) is 10.3 Å². The van der Waals surface area contributed by atoms with Crippen LogP contribution in [0.4, 0.5) is 4.39 Å². The third kappa shape index (κ3) is 3.37. The van der Waals surface area contributed by atoms with Crippen LogP contribution in [0.1, 0.15) is 5.56 Å². The minimum atomic E-state index is -0.975. The van der Waals surface area contributed by atoms with Gasteiger partial charge in [0.25, 0.3) is 5.91 Å². The Morgan fingerprint density at radius 2 is 2.16 bits per heavy atom. The zero-order chi connectivity index (χ0) is 13.8. The first-order valence-corrected chi connectivity index (χ1v) is 5.84. The number of amides is 1. The van der Waals surface area contributed by atoms with Gasteiger partial charge in [-0.05, 0) is 17.7 Å². The highest BCUT2D eigenvalue weighted by Gasteiger charge is 2.28. The van der Waals surface area contributed by atoms with Gasteiger partial charge in [-0.3, -0.25) is 14.6 Å². The molecule has 1 aromatic carbocycles. The van der Waals surface area contributed by atoms with Gasteiger partial charge in [0.2, 0.25) is 0 Å². The van der Waals surface area contributed by atoms with E-state index in [9.17, 15) is 14.0 Å². The Kier molecular flexibility index (Phi) is 3.89. The second kappa shape index (κ2) is 5.60. The molecule has 1 amide bonds. The first-order valence-electron chi connectivity index (χ1n) is 5.84. The number of aliphatic imine (C=N–C) groups is 1. The molecule has 5 nitrogen and oxygen atoms in total. The van der Waals surface area contributed by atoms with Gasteiger partial charge < -0.3 is 10.2 Å². The van der Waals surface area contributed by atoms with Gasteiger partial charge in [0.05, 0.1) is 12.9 Å². The van der Waals surface area contributed by atoms with E-state index in [1.54, 1.807) is 24.1 Å². The minimum absolute atomic E-state index is 0.179. The van der Waals surface area contributed by atoms with E-state index < -0.39 is 11.9 Å². The first-order chi connectivity index (χ1) is 9.06. The maximum Gasteiger partial charge on any atom is 0.252 e. The van der Waals surface area contributed by atoms with E-state index in [-0.39, 0.29) is 24.7 Å². The Hall–Kier alpha value is -2.24. The smallest absolute Gasteiger partial charge is 0.252 e. The molecule has 1 N–H and O–H groups in total. The van der Waals surface area contributed by atoms with E-state index >= 15 is 0 Å². The molecule has 0 spiro atoms. The van der Waals surface area contributed by atoms with Crippen LogP contribution < -0.4 is 5.32 Å². The highest BCUT2D eigenvalue weighted by atomic mass is 19.1. The lowest BCUT2D eigenvalue weighted by Crippen LogP contribution is -2.45. The number of ketones is 1. The van der Waals surface area contributed by atoms with Gasteiger partial charge >= 0.3 is 0 Å². The van der Waals surface area contributed by atoms with Crippen LogP contribution >= 0.6 is 0 Å². The topological polar surface area (TPSA) is 61.8 Å². The van der Waals surface area contributed by atoms with Gasteiger partial charge in [-0.15, -0.1) is 0 Å². The number of nitrogens with one attached hydrogen (secondary N) is 1. The fourth-order valence-electron chi connectivity index (χ4n) is 1.74. The molecule has 0 aromatic heterocycles. The molecule has 0 bridgehead atoms. The highest BCUT2D eigenvalue weighted by Crippen LogP contribution is 2.04. The lowest BCUT2D eigenvalue weighted by molar-refractivity contribution is -0.130. The molecule has 1 unspecified atom stereocenters. The van der Waals surface area contributed by atoms with Crippen molar-refractivity contribution in [2.45, 2.75) is 12.6 Å². The van der Waals surface area contributed by atoms with E-state index in [1.807, 2.05) is 0 Å². The minimum Gasteiger partial charge on any atom is -0.359 e. The van der Waals surface area contributed by atoms with Gasteiger partial charge in [-0.2, -0.15) is 0 Å². The summed E-state index contributed by atoms with van der Waals surface area (Å²) < 4.78 is 12.7. The molecule has 0 aliphatic carbocycles. The van der Waals surface area contributed by atoms with Gasteiger partial charge in [0.1, 0.15) is 5.82 Å². The quantitative estimate of drug-likeness (QED) is 0.801. The van der Waals surface area contributed by atoms with Crippen molar-refractivity contribution in [3.05, 3.63) is 35.6 Å². The van der Waals surface area contributed by atoms with Crippen LogP contribution in [-0.4, -0.2) is 42.6 Å². The van der Waals surface area contributed by atoms with E-state index in [0.29, 0.717) is 0 Å². The molecule has 1 aliphatic heterocycles. The molecule has 6 heteroatoms. The van der Waals surface area contributed by atoms with Crippen molar-refractivity contribution in [1.29, 1.82) is 0 Å². The second-order valence-electron chi connectivity index (χ2n) is 4.39. The maximum absolute atomic E-state index is 12.7. The molecule has 1 aliphatic rings. The Balaban J connectivity index is 1.93. The number of halogens is 1. The fraction of sp³-hybridized carbons (Fsp3) is 0.308. The maximum atomic E-state index is 12.7. The van der Waals surface area contributed by atoms with Gasteiger partial charge in [0, 0.05) is 13.6 Å². The lowest BCUT2D eigenvalue weighted by atomic mass is 10.1. The number of likely N-dealkylation sites (N-methyl/N-ethyl adjacent to an activating group) is 1. The summed E-state index contributed by atoms with van der Waals surface area (Å²) >= 11 is 0. The molecular formula is C13H14FN3O2. The largest absolute Gasteiger partial charge is 0.359 e. The Morgan fingerprint density at radius 1 is 1.47 bits per heavy atom. The van der Waals surface area contributed by atoms with Crippen LogP contribution in [0.3, 0.4) is 0 Å². The van der Waals surface area contributed by atoms with Gasteiger partial charge in [-0.25, -0.2) is 4.39 Å². The average Bonchev–Trinajstić information content (AvgIpc) is 2.37. The zero-order valence-corrected chi connectivity index (χ0v) is 10.5. The molecule has 100 valence electrons. The standard InChI is InChI=1S/C13H14FN3O2/c1-17-7-11(18)12(16-8-17)13(19)15-6-9-2-4-10(14)5-3-9/h2-5,8,12H,6-7H2,1H3,(H,15,19). The Bertz CT molecular complexity index is 513. The molecule has 1 aromatic rings. The summed E-state index contributed by atoms with van der Waals surface area (Å²) in [7, 11) is 1.72. The Morgan fingerprint density at radius 3 is 2.79 bits per heavy atom. The summed E-state index contributed by atoms with van der Waals surface area (Å²) in [6.45, 7) is 0.423. The van der Waals surface area contributed by atoms with Crippen molar-refractivity contribution in [3.8, 4) is 0 Å². The number of Topliss-reactive ketones (excluding diaryl/α,β-unsaturated/α-hetero) is 1. The number of nitrogens with zero attached hydrogens (tertiary/aromatic N) is 2. The van der Waals surface area contributed by atoms with Crippen LogP contribution in [-0.2, 0) is 16.1 Å². The monoisotopic (exact) mass is 263 g/mol. The highest BCUT2D eigenvalue weighted by molar-refractivity contribution is 6.08. The van der Waals surface area contributed by atoms with E-state index in [0.717, 1.165) is 5.56 Å². The van der Waals surface area contributed by atoms with E-state index in [1.165, 1.54) is 18.5 Å². The van der Waals surface area contributed by atoms with Crippen LogP contribution in [0.25, 0.3) is 0 Å². The zero-order valence-electron chi connectivity index (χ0n) is 10.5. The van der Waals surface area contributed by atoms with Crippen LogP contribution in [0, 0.1) is 5.82 Å². The summed E-state index contributed by atoms with van der Waals surface area (Å²) in [5.41, 5.74) is 0.763. The summed E-state index contributed by atoms with van der Waals surface area (Å²) in [5.74, 6) is -0.995. The van der Waals surface area contributed by atoms with Gasteiger partial charge in [-0.1, -0.05) is 12.1 Å². The van der Waals surface area contributed by atoms with Crippen LogP contribution in [0.2, 0.25) is 0 Å². The molecule has 0 saturated heterocycles. The predicted octanol–water partition coefficient (Wildman–Crippen LogP) is 0.353. The number of carbonyl (C=O) groups is 2. The molecule has 0 radical (unpaired) electrons. The molecule has 0 fully saturated rings. The lowest BCUT2D eigenvalue weighted by Gasteiger charge is -2.21. The molecule has 0 saturated carbocycles. The third-order valence-electron chi connectivity index (χ3n) is 2.75. The summed E-state index contributed by atoms with van der Waals surface area (Å²) in [4.78, 5) is 29.0. The van der Waals surface area contributed by atoms with E-state index in [4.69, 9.17) is 0 Å². The van der Waals surface area contributed by atoms with Crippen molar-refractivity contribution in [1.82, 2.24) is 10.2 Å². The normalized spacial score (nSPS) is 18.5. The second-order valence-corrected chi connectivity index (χ2v) is 4.39. The molecule has 1 atom stereocenters. The van der Waals surface area contributed by atoms with Crippen molar-refractivity contribution in [3.63, 3.8) is 0 Å². The Labute approximate surface area is 110 Å². The van der Waals surface area contributed by atoms with Crippen molar-refractivity contribution >= 4 is 18.0 Å². The van der Waals surface area contributed by atoms with Crippen LogP contribution in [0.15, 0.2) is 29.3 Å². The SMILES string of the molecule is CN1C=NC(C(=O)NCc2ccc(F)cc2)C(=O)C1. The number of carbonyl (C=O) groups excluding carboxylic acids is 2. The fourth-order valence-corrected chi connectivity index (χ4v) is 1.74. The number of rotatable bonds is 3. The van der Waals surface area contributed by atoms with Gasteiger partial charge in [0.15, 0.2) is 11.8 Å². The molecular weight excluding hydrogens is 249 g/mol.